The number of rotatable bonds is 8. The van der Waals surface area contributed by atoms with Gasteiger partial charge in [-0.25, -0.2) is 8.42 Å². The van der Waals surface area contributed by atoms with Crippen molar-refractivity contribution in [2.75, 3.05) is 59.2 Å². The fourth-order valence-electron chi connectivity index (χ4n) is 3.01. The first kappa shape index (κ1) is 21.7. The minimum absolute atomic E-state index is 0.353. The Labute approximate surface area is 163 Å². The molecule has 1 atom stereocenters. The van der Waals surface area contributed by atoms with Gasteiger partial charge >= 0.3 is 0 Å². The molecule has 1 heterocycles. The summed E-state index contributed by atoms with van der Waals surface area (Å²) in [7, 11) is -1.37. The van der Waals surface area contributed by atoms with Gasteiger partial charge in [-0.05, 0) is 30.0 Å². The van der Waals surface area contributed by atoms with E-state index in [1.807, 2.05) is 12.1 Å². The van der Waals surface area contributed by atoms with Gasteiger partial charge in [-0.1, -0.05) is 19.1 Å². The summed E-state index contributed by atoms with van der Waals surface area (Å²) in [4.78, 5) is 7.06. The molecule has 1 saturated heterocycles. The molecule has 0 aromatic heterocycles. The number of benzene rings is 1. The minimum Gasteiger partial charge on any atom is -0.379 e. The highest BCUT2D eigenvalue weighted by atomic mass is 32.2. The monoisotopic (exact) mass is 396 g/mol. The molecule has 0 spiro atoms. The van der Waals surface area contributed by atoms with Crippen LogP contribution < -0.4 is 10.6 Å². The Kier molecular flexibility index (Phi) is 8.53. The normalized spacial score (nSPS) is 17.5. The van der Waals surface area contributed by atoms with Crippen molar-refractivity contribution in [3.05, 3.63) is 29.8 Å². The molecule has 1 aromatic rings. The zero-order valence-electron chi connectivity index (χ0n) is 16.6. The molecule has 1 unspecified atom stereocenters. The van der Waals surface area contributed by atoms with Crippen LogP contribution in [0.3, 0.4) is 0 Å². The molecule has 27 heavy (non-hydrogen) atoms. The maximum Gasteiger partial charge on any atom is 0.190 e. The standard InChI is InChI=1S/C19H32N4O3S/c1-16(15-23-10-12-26-13-11-23)14-22-19(20-2)21-9-8-17-4-6-18(7-5-17)27(3,24)25/h4-7,16H,8-15H2,1-3H3,(H2,20,21,22). The van der Waals surface area contributed by atoms with Crippen LogP contribution in [0.4, 0.5) is 0 Å². The molecule has 0 amide bonds. The van der Waals surface area contributed by atoms with Crippen molar-refractivity contribution in [3.8, 4) is 0 Å². The number of guanidine groups is 1. The fourth-order valence-corrected chi connectivity index (χ4v) is 3.64. The van der Waals surface area contributed by atoms with Gasteiger partial charge in [-0.3, -0.25) is 9.89 Å². The summed E-state index contributed by atoms with van der Waals surface area (Å²) in [5, 5.41) is 6.68. The van der Waals surface area contributed by atoms with E-state index < -0.39 is 9.84 Å². The Morgan fingerprint density at radius 2 is 1.89 bits per heavy atom. The smallest absolute Gasteiger partial charge is 0.190 e. The highest BCUT2D eigenvalue weighted by molar-refractivity contribution is 7.90. The van der Waals surface area contributed by atoms with Crippen LogP contribution in [-0.2, 0) is 21.0 Å². The van der Waals surface area contributed by atoms with Crippen LogP contribution >= 0.6 is 0 Å². The lowest BCUT2D eigenvalue weighted by Gasteiger charge is -2.29. The third kappa shape index (κ3) is 7.86. The predicted octanol–water partition coefficient (Wildman–Crippen LogP) is 0.766. The molecule has 152 valence electrons. The molecule has 0 aliphatic carbocycles. The summed E-state index contributed by atoms with van der Waals surface area (Å²) in [6.07, 6.45) is 2.02. The van der Waals surface area contributed by atoms with Gasteiger partial charge in [-0.15, -0.1) is 0 Å². The molecule has 7 nitrogen and oxygen atoms in total. The molecule has 1 aliphatic heterocycles. The summed E-state index contributed by atoms with van der Waals surface area (Å²) in [5.74, 6) is 1.31. The highest BCUT2D eigenvalue weighted by Crippen LogP contribution is 2.10. The van der Waals surface area contributed by atoms with E-state index in [4.69, 9.17) is 4.74 Å². The summed E-state index contributed by atoms with van der Waals surface area (Å²) in [5.41, 5.74) is 1.09. The average molecular weight is 397 g/mol. The van der Waals surface area contributed by atoms with Crippen LogP contribution in [0, 0.1) is 5.92 Å². The first-order chi connectivity index (χ1) is 12.9. The van der Waals surface area contributed by atoms with Gasteiger partial charge in [0, 0.05) is 46.0 Å². The van der Waals surface area contributed by atoms with Crippen molar-refractivity contribution in [1.82, 2.24) is 15.5 Å². The van der Waals surface area contributed by atoms with Crippen LogP contribution in [0.1, 0.15) is 12.5 Å². The third-order valence-electron chi connectivity index (χ3n) is 4.57. The molecule has 0 radical (unpaired) electrons. The van der Waals surface area contributed by atoms with E-state index in [0.29, 0.717) is 10.8 Å². The van der Waals surface area contributed by atoms with E-state index >= 15 is 0 Å². The molecule has 0 bridgehead atoms. The quantitative estimate of drug-likeness (QED) is 0.499. The van der Waals surface area contributed by atoms with Crippen molar-refractivity contribution in [2.45, 2.75) is 18.2 Å². The lowest BCUT2D eigenvalue weighted by molar-refractivity contribution is 0.0320. The van der Waals surface area contributed by atoms with Crippen molar-refractivity contribution in [3.63, 3.8) is 0 Å². The van der Waals surface area contributed by atoms with E-state index in [0.717, 1.165) is 63.9 Å². The molecule has 2 N–H and O–H groups in total. The number of sulfone groups is 1. The average Bonchev–Trinajstić information content (AvgIpc) is 2.65. The van der Waals surface area contributed by atoms with Gasteiger partial charge in [0.05, 0.1) is 18.1 Å². The zero-order chi connectivity index (χ0) is 19.7. The number of hydrogen-bond donors (Lipinski definition) is 2. The second-order valence-corrected chi connectivity index (χ2v) is 9.08. The molecule has 8 heteroatoms. The van der Waals surface area contributed by atoms with Crippen LogP contribution in [-0.4, -0.2) is 78.5 Å². The highest BCUT2D eigenvalue weighted by Gasteiger charge is 2.14. The minimum atomic E-state index is -3.14. The van der Waals surface area contributed by atoms with Crippen LogP contribution in [0.25, 0.3) is 0 Å². The molecular formula is C19H32N4O3S. The fraction of sp³-hybridized carbons (Fsp3) is 0.632. The maximum absolute atomic E-state index is 11.5. The van der Waals surface area contributed by atoms with Crippen LogP contribution in [0.2, 0.25) is 0 Å². The van der Waals surface area contributed by atoms with Gasteiger partial charge in [0.25, 0.3) is 0 Å². The van der Waals surface area contributed by atoms with Crippen molar-refractivity contribution < 1.29 is 13.2 Å². The Morgan fingerprint density at radius 1 is 1.22 bits per heavy atom. The topological polar surface area (TPSA) is 83.0 Å². The Hall–Kier alpha value is -1.64. The Balaban J connectivity index is 1.69. The third-order valence-corrected chi connectivity index (χ3v) is 5.70. The maximum atomic E-state index is 11.5. The van der Waals surface area contributed by atoms with Crippen molar-refractivity contribution in [2.24, 2.45) is 10.9 Å². The summed E-state index contributed by atoms with van der Waals surface area (Å²) in [6, 6.07) is 7.04. The van der Waals surface area contributed by atoms with Crippen molar-refractivity contribution in [1.29, 1.82) is 0 Å². The SMILES string of the molecule is CN=C(NCCc1ccc(S(C)(=O)=O)cc1)NCC(C)CN1CCOCC1. The van der Waals surface area contributed by atoms with Gasteiger partial charge in [0.15, 0.2) is 15.8 Å². The molecule has 1 aromatic carbocycles. The van der Waals surface area contributed by atoms with Crippen LogP contribution in [0.15, 0.2) is 34.2 Å². The molecule has 1 fully saturated rings. The van der Waals surface area contributed by atoms with Gasteiger partial charge in [0.1, 0.15) is 0 Å². The van der Waals surface area contributed by atoms with E-state index in [1.165, 1.54) is 6.26 Å². The van der Waals surface area contributed by atoms with E-state index in [-0.39, 0.29) is 0 Å². The lowest BCUT2D eigenvalue weighted by atomic mass is 10.1. The van der Waals surface area contributed by atoms with Crippen LogP contribution in [0.5, 0.6) is 0 Å². The van der Waals surface area contributed by atoms with Crippen molar-refractivity contribution >= 4 is 15.8 Å². The number of aliphatic imine (C=N–C) groups is 1. The number of ether oxygens (including phenoxy) is 1. The van der Waals surface area contributed by atoms with Gasteiger partial charge in [-0.2, -0.15) is 0 Å². The van der Waals surface area contributed by atoms with E-state index in [1.54, 1.807) is 19.2 Å². The number of hydrogen-bond acceptors (Lipinski definition) is 5. The number of morpholine rings is 1. The largest absolute Gasteiger partial charge is 0.379 e. The molecule has 2 rings (SSSR count). The lowest BCUT2D eigenvalue weighted by Crippen LogP contribution is -2.44. The summed E-state index contributed by atoms with van der Waals surface area (Å²) in [6.45, 7) is 8.56. The van der Waals surface area contributed by atoms with Gasteiger partial charge in [0.2, 0.25) is 0 Å². The van der Waals surface area contributed by atoms with E-state index in [9.17, 15) is 8.42 Å². The van der Waals surface area contributed by atoms with E-state index in [2.05, 4.69) is 27.4 Å². The van der Waals surface area contributed by atoms with Gasteiger partial charge < -0.3 is 15.4 Å². The first-order valence-electron chi connectivity index (χ1n) is 9.42. The molecule has 1 aliphatic rings. The molecular weight excluding hydrogens is 364 g/mol. The predicted molar refractivity (Wildman–Crippen MR) is 109 cm³/mol. The second-order valence-electron chi connectivity index (χ2n) is 7.06. The Morgan fingerprint density at radius 3 is 2.48 bits per heavy atom. The second kappa shape index (κ2) is 10.6. The zero-order valence-corrected chi connectivity index (χ0v) is 17.4. The number of nitrogens with zero attached hydrogens (tertiary/aromatic N) is 2. The Bertz CT molecular complexity index is 698. The summed E-state index contributed by atoms with van der Waals surface area (Å²) < 4.78 is 28.4. The summed E-state index contributed by atoms with van der Waals surface area (Å²) >= 11 is 0. The molecule has 0 saturated carbocycles. The first-order valence-corrected chi connectivity index (χ1v) is 11.3. The number of nitrogens with one attached hydrogen (secondary N) is 2.